The Bertz CT molecular complexity index is 443. The van der Waals surface area contributed by atoms with Crippen LogP contribution in [-0.2, 0) is 7.05 Å². The molecule has 0 fully saturated rings. The number of carbonyl (C=O) groups excluding carboxylic acids is 1. The van der Waals surface area contributed by atoms with Crippen LogP contribution in [0.15, 0.2) is 21.4 Å². The van der Waals surface area contributed by atoms with Gasteiger partial charge >= 0.3 is 0 Å². The van der Waals surface area contributed by atoms with Gasteiger partial charge in [0.2, 0.25) is 5.78 Å². The minimum atomic E-state index is -0.0642. The van der Waals surface area contributed by atoms with Crippen LogP contribution in [0.2, 0.25) is 0 Å². The Morgan fingerprint density at radius 1 is 1.64 bits per heavy atom. The molecule has 0 aliphatic heterocycles. The highest BCUT2D eigenvalue weighted by Gasteiger charge is 2.18. The molecule has 6 heteroatoms. The monoisotopic (exact) mass is 271 g/mol. The number of aryl methyl sites for hydroxylation is 1. The molecule has 0 saturated carbocycles. The number of nitrogens with zero attached hydrogens (tertiary/aromatic N) is 3. The van der Waals surface area contributed by atoms with Crippen LogP contribution >= 0.6 is 27.3 Å². The van der Waals surface area contributed by atoms with Crippen molar-refractivity contribution >= 4 is 33.0 Å². The average Bonchev–Trinajstić information content (AvgIpc) is 2.75. The highest BCUT2D eigenvalue weighted by Crippen LogP contribution is 2.18. The molecule has 0 atom stereocenters. The molecular formula is C8H6BrN3OS. The van der Waals surface area contributed by atoms with Gasteiger partial charge in [-0.25, -0.2) is 4.68 Å². The number of hydrogen-bond acceptors (Lipinski definition) is 4. The van der Waals surface area contributed by atoms with E-state index >= 15 is 0 Å². The van der Waals surface area contributed by atoms with Gasteiger partial charge in [-0.1, -0.05) is 5.21 Å². The smallest absolute Gasteiger partial charge is 0.214 e. The van der Waals surface area contributed by atoms with E-state index in [0.717, 1.165) is 0 Å². The largest absolute Gasteiger partial charge is 0.287 e. The summed E-state index contributed by atoms with van der Waals surface area (Å²) < 4.78 is 1.94. The third-order valence-electron chi connectivity index (χ3n) is 1.78. The van der Waals surface area contributed by atoms with E-state index in [2.05, 4.69) is 26.2 Å². The lowest BCUT2D eigenvalue weighted by molar-refractivity contribution is 0.103. The van der Waals surface area contributed by atoms with Crippen LogP contribution in [0.3, 0.4) is 0 Å². The number of hydrogen-bond donors (Lipinski definition) is 0. The SMILES string of the molecule is Cn1nnc(Br)c1C(=O)c1ccsc1. The summed E-state index contributed by atoms with van der Waals surface area (Å²) in [5.41, 5.74) is 1.14. The lowest BCUT2D eigenvalue weighted by atomic mass is 10.2. The summed E-state index contributed by atoms with van der Waals surface area (Å²) >= 11 is 4.68. The molecule has 0 saturated heterocycles. The normalized spacial score (nSPS) is 10.4. The number of rotatable bonds is 2. The third-order valence-corrected chi connectivity index (χ3v) is 3.00. The molecule has 0 aliphatic rings. The number of aromatic nitrogens is 3. The molecule has 72 valence electrons. The molecule has 14 heavy (non-hydrogen) atoms. The van der Waals surface area contributed by atoms with Crippen LogP contribution in [0.4, 0.5) is 0 Å². The quantitative estimate of drug-likeness (QED) is 0.784. The summed E-state index contributed by atoms with van der Waals surface area (Å²) in [7, 11) is 1.69. The van der Waals surface area contributed by atoms with Crippen molar-refractivity contribution in [3.8, 4) is 0 Å². The van der Waals surface area contributed by atoms with E-state index in [0.29, 0.717) is 15.9 Å². The van der Waals surface area contributed by atoms with E-state index < -0.39 is 0 Å². The molecule has 0 N–H and O–H groups in total. The molecule has 2 aromatic heterocycles. The van der Waals surface area contributed by atoms with Crippen molar-refractivity contribution in [1.29, 1.82) is 0 Å². The van der Waals surface area contributed by atoms with Crippen molar-refractivity contribution < 1.29 is 4.79 Å². The summed E-state index contributed by atoms with van der Waals surface area (Å²) in [6, 6.07) is 1.78. The molecule has 0 aromatic carbocycles. The predicted molar refractivity (Wildman–Crippen MR) is 56.5 cm³/mol. The molecule has 0 spiro atoms. The maximum absolute atomic E-state index is 11.9. The van der Waals surface area contributed by atoms with Crippen molar-refractivity contribution in [3.05, 3.63) is 32.7 Å². The highest BCUT2D eigenvalue weighted by molar-refractivity contribution is 9.10. The summed E-state index contributed by atoms with van der Waals surface area (Å²) in [5, 5.41) is 11.2. The molecule has 0 amide bonds. The van der Waals surface area contributed by atoms with Gasteiger partial charge in [0.25, 0.3) is 0 Å². The number of carbonyl (C=O) groups is 1. The molecular weight excluding hydrogens is 266 g/mol. The standard InChI is InChI=1S/C8H6BrN3OS/c1-12-6(8(9)10-11-12)7(13)5-2-3-14-4-5/h2-4H,1H3. The summed E-state index contributed by atoms with van der Waals surface area (Å²) in [6.45, 7) is 0. The Labute approximate surface area is 92.7 Å². The fourth-order valence-corrected chi connectivity index (χ4v) is 2.25. The van der Waals surface area contributed by atoms with Crippen LogP contribution in [0, 0.1) is 0 Å². The van der Waals surface area contributed by atoms with Gasteiger partial charge in [0.15, 0.2) is 4.60 Å². The van der Waals surface area contributed by atoms with Crippen molar-refractivity contribution in [1.82, 2.24) is 15.0 Å². The van der Waals surface area contributed by atoms with Crippen molar-refractivity contribution in [2.45, 2.75) is 0 Å². The first-order valence-corrected chi connectivity index (χ1v) is 5.56. The van der Waals surface area contributed by atoms with E-state index in [-0.39, 0.29) is 5.78 Å². The van der Waals surface area contributed by atoms with Crippen molar-refractivity contribution in [2.24, 2.45) is 7.05 Å². The predicted octanol–water partition coefficient (Wildman–Crippen LogP) is 1.87. The molecule has 0 radical (unpaired) electrons. The average molecular weight is 272 g/mol. The van der Waals surface area contributed by atoms with Gasteiger partial charge < -0.3 is 0 Å². The van der Waals surface area contributed by atoms with E-state index in [1.54, 1.807) is 13.1 Å². The fraction of sp³-hybridized carbons (Fsp3) is 0.125. The molecule has 4 nitrogen and oxygen atoms in total. The van der Waals surface area contributed by atoms with Gasteiger partial charge in [0, 0.05) is 18.0 Å². The third kappa shape index (κ3) is 1.51. The molecule has 0 unspecified atom stereocenters. The second-order valence-corrected chi connectivity index (χ2v) is 4.22. The molecule has 2 heterocycles. The summed E-state index contributed by atoms with van der Waals surface area (Å²) in [5.74, 6) is -0.0642. The fourth-order valence-electron chi connectivity index (χ4n) is 1.10. The Kier molecular flexibility index (Phi) is 2.47. The first kappa shape index (κ1) is 9.54. The van der Waals surface area contributed by atoms with E-state index in [1.807, 2.05) is 10.8 Å². The van der Waals surface area contributed by atoms with Crippen LogP contribution in [0.1, 0.15) is 16.1 Å². The van der Waals surface area contributed by atoms with Gasteiger partial charge in [-0.05, 0) is 27.4 Å². The first-order valence-electron chi connectivity index (χ1n) is 3.82. The second kappa shape index (κ2) is 3.62. The Morgan fingerprint density at radius 3 is 2.93 bits per heavy atom. The van der Waals surface area contributed by atoms with E-state index in [4.69, 9.17) is 0 Å². The number of thiophene rings is 1. The van der Waals surface area contributed by atoms with Crippen LogP contribution in [0.25, 0.3) is 0 Å². The summed E-state index contributed by atoms with van der Waals surface area (Å²) in [6.07, 6.45) is 0. The molecule has 0 aliphatic carbocycles. The van der Waals surface area contributed by atoms with Crippen molar-refractivity contribution in [2.75, 3.05) is 0 Å². The van der Waals surface area contributed by atoms with Gasteiger partial charge in [-0.15, -0.1) is 5.10 Å². The zero-order valence-corrected chi connectivity index (χ0v) is 9.67. The topological polar surface area (TPSA) is 47.8 Å². The van der Waals surface area contributed by atoms with Crippen LogP contribution < -0.4 is 0 Å². The second-order valence-electron chi connectivity index (χ2n) is 2.69. The lowest BCUT2D eigenvalue weighted by Gasteiger charge is -1.97. The van der Waals surface area contributed by atoms with Gasteiger partial charge in [0.05, 0.1) is 0 Å². The number of ketones is 1. The number of halogens is 1. The molecule has 2 rings (SSSR count). The zero-order valence-electron chi connectivity index (χ0n) is 7.27. The maximum atomic E-state index is 11.9. The minimum absolute atomic E-state index is 0.0642. The van der Waals surface area contributed by atoms with Crippen molar-refractivity contribution in [3.63, 3.8) is 0 Å². The first-order chi connectivity index (χ1) is 6.70. The minimum Gasteiger partial charge on any atom is -0.287 e. The van der Waals surface area contributed by atoms with Crippen LogP contribution in [-0.4, -0.2) is 20.8 Å². The highest BCUT2D eigenvalue weighted by atomic mass is 79.9. The summed E-state index contributed by atoms with van der Waals surface area (Å²) in [4.78, 5) is 11.9. The Balaban J connectivity index is 2.46. The molecule has 2 aromatic rings. The molecule has 0 bridgehead atoms. The maximum Gasteiger partial charge on any atom is 0.214 e. The Hall–Kier alpha value is -1.01. The van der Waals surface area contributed by atoms with Gasteiger partial charge in [-0.2, -0.15) is 11.3 Å². The zero-order chi connectivity index (χ0) is 10.1. The van der Waals surface area contributed by atoms with Gasteiger partial charge in [-0.3, -0.25) is 4.79 Å². The van der Waals surface area contributed by atoms with Crippen LogP contribution in [0.5, 0.6) is 0 Å². The lowest BCUT2D eigenvalue weighted by Crippen LogP contribution is -2.07. The van der Waals surface area contributed by atoms with Gasteiger partial charge in [0.1, 0.15) is 5.69 Å². The Morgan fingerprint density at radius 2 is 2.43 bits per heavy atom. The van der Waals surface area contributed by atoms with E-state index in [9.17, 15) is 4.79 Å². The van der Waals surface area contributed by atoms with E-state index in [1.165, 1.54) is 16.0 Å².